The molecule has 0 amide bonds. The molecule has 0 aliphatic carbocycles. The highest BCUT2D eigenvalue weighted by molar-refractivity contribution is 9.10. The average molecular weight is 349 g/mol. The number of ether oxygens (including phenoxy) is 2. The zero-order chi connectivity index (χ0) is 14.4. The molecule has 0 fully saturated rings. The first-order valence-electron chi connectivity index (χ1n) is 5.08. The van der Waals surface area contributed by atoms with Gasteiger partial charge in [-0.15, -0.1) is 0 Å². The van der Waals surface area contributed by atoms with Gasteiger partial charge in [0.05, 0.1) is 26.0 Å². The fraction of sp³-hybridized carbons (Fsp3) is 0.167. The summed E-state index contributed by atoms with van der Waals surface area (Å²) >= 11 is 9.10. The van der Waals surface area contributed by atoms with E-state index in [1.54, 1.807) is 18.2 Å². The predicted octanol–water partition coefficient (Wildman–Crippen LogP) is 2.74. The summed E-state index contributed by atoms with van der Waals surface area (Å²) in [6.07, 6.45) is 1.01. The molecule has 102 valence electrons. The highest BCUT2D eigenvalue weighted by atomic mass is 79.9. The first-order valence-corrected chi connectivity index (χ1v) is 6.25. The molecule has 0 radical (unpaired) electrons. The predicted molar refractivity (Wildman–Crippen MR) is 74.9 cm³/mol. The molecule has 0 aliphatic heterocycles. The summed E-state index contributed by atoms with van der Waals surface area (Å²) in [7, 11) is 2.43. The van der Waals surface area contributed by atoms with Crippen LogP contribution in [0, 0.1) is 0 Å². The van der Waals surface area contributed by atoms with Gasteiger partial charge in [0.1, 0.15) is 5.70 Å². The van der Waals surface area contributed by atoms with Gasteiger partial charge in [0.2, 0.25) is 0 Å². The van der Waals surface area contributed by atoms with Gasteiger partial charge in [0.15, 0.2) is 0 Å². The number of benzene rings is 1. The molecule has 0 aromatic heterocycles. The summed E-state index contributed by atoms with van der Waals surface area (Å²) in [6.45, 7) is 0. The molecule has 1 rings (SSSR count). The SMILES string of the molecule is COC(=O)/C=C(/Nc1ccc(Cl)cc1Br)C(=O)OC. The molecular weight excluding hydrogens is 337 g/mol. The molecule has 0 heterocycles. The van der Waals surface area contributed by atoms with E-state index < -0.39 is 11.9 Å². The van der Waals surface area contributed by atoms with Crippen LogP contribution in [0.4, 0.5) is 5.69 Å². The van der Waals surface area contributed by atoms with Crippen LogP contribution in [0.25, 0.3) is 0 Å². The summed E-state index contributed by atoms with van der Waals surface area (Å²) < 4.78 is 9.68. The lowest BCUT2D eigenvalue weighted by molar-refractivity contribution is -0.138. The van der Waals surface area contributed by atoms with Gasteiger partial charge in [0.25, 0.3) is 0 Å². The third-order valence-corrected chi connectivity index (χ3v) is 2.96. The van der Waals surface area contributed by atoms with Crippen LogP contribution in [0.15, 0.2) is 34.4 Å². The Morgan fingerprint density at radius 1 is 1.32 bits per heavy atom. The van der Waals surface area contributed by atoms with E-state index in [-0.39, 0.29) is 5.70 Å². The second-order valence-electron chi connectivity index (χ2n) is 3.32. The van der Waals surface area contributed by atoms with E-state index in [0.29, 0.717) is 15.2 Å². The Balaban J connectivity index is 3.04. The number of hydrogen-bond donors (Lipinski definition) is 1. The van der Waals surface area contributed by atoms with Crippen LogP contribution in [0.5, 0.6) is 0 Å². The van der Waals surface area contributed by atoms with Gasteiger partial charge < -0.3 is 14.8 Å². The number of carbonyl (C=O) groups is 2. The van der Waals surface area contributed by atoms with E-state index >= 15 is 0 Å². The van der Waals surface area contributed by atoms with Crippen molar-refractivity contribution >= 4 is 45.2 Å². The number of rotatable bonds is 4. The van der Waals surface area contributed by atoms with Gasteiger partial charge in [-0.3, -0.25) is 0 Å². The summed E-state index contributed by atoms with van der Waals surface area (Å²) in [5.74, 6) is -1.36. The minimum absolute atomic E-state index is 0.0441. The Hall–Kier alpha value is -1.53. The third-order valence-electron chi connectivity index (χ3n) is 2.07. The molecule has 0 saturated carbocycles. The number of halogens is 2. The molecule has 0 saturated heterocycles. The van der Waals surface area contributed by atoms with Crippen LogP contribution in [0.2, 0.25) is 5.02 Å². The lowest BCUT2D eigenvalue weighted by Crippen LogP contribution is -2.15. The van der Waals surface area contributed by atoms with Gasteiger partial charge in [-0.25, -0.2) is 9.59 Å². The van der Waals surface area contributed by atoms with E-state index in [4.69, 9.17) is 11.6 Å². The van der Waals surface area contributed by atoms with E-state index in [0.717, 1.165) is 6.08 Å². The molecule has 0 atom stereocenters. The van der Waals surface area contributed by atoms with Crippen molar-refractivity contribution in [3.63, 3.8) is 0 Å². The standard InChI is InChI=1S/C12H11BrClNO4/c1-18-11(16)6-10(12(17)19-2)15-9-4-3-7(14)5-8(9)13/h3-6,15H,1-2H3/b10-6+. The molecule has 1 aromatic carbocycles. The van der Waals surface area contributed by atoms with Crippen LogP contribution in [0.3, 0.4) is 0 Å². The fourth-order valence-electron chi connectivity index (χ4n) is 1.17. The summed E-state index contributed by atoms with van der Waals surface area (Å²) in [4.78, 5) is 22.7. The smallest absolute Gasteiger partial charge is 0.354 e. The van der Waals surface area contributed by atoms with Crippen molar-refractivity contribution in [2.24, 2.45) is 0 Å². The molecule has 0 bridgehead atoms. The number of nitrogens with one attached hydrogen (secondary N) is 1. The van der Waals surface area contributed by atoms with Crippen molar-refractivity contribution < 1.29 is 19.1 Å². The van der Waals surface area contributed by atoms with Gasteiger partial charge in [-0.2, -0.15) is 0 Å². The van der Waals surface area contributed by atoms with Gasteiger partial charge >= 0.3 is 11.9 Å². The van der Waals surface area contributed by atoms with Crippen molar-refractivity contribution in [3.8, 4) is 0 Å². The highest BCUT2D eigenvalue weighted by Gasteiger charge is 2.14. The van der Waals surface area contributed by atoms with Crippen molar-refractivity contribution in [2.75, 3.05) is 19.5 Å². The second kappa shape index (κ2) is 7.16. The number of anilines is 1. The third kappa shape index (κ3) is 4.57. The van der Waals surface area contributed by atoms with Crippen LogP contribution in [-0.4, -0.2) is 26.2 Å². The van der Waals surface area contributed by atoms with Crippen molar-refractivity contribution in [2.45, 2.75) is 0 Å². The number of methoxy groups -OCH3 is 2. The van der Waals surface area contributed by atoms with Crippen LogP contribution in [-0.2, 0) is 19.1 Å². The summed E-state index contributed by atoms with van der Waals surface area (Å²) in [5.41, 5.74) is 0.516. The zero-order valence-corrected chi connectivity index (χ0v) is 12.5. The first-order chi connectivity index (χ1) is 8.97. The van der Waals surface area contributed by atoms with E-state index in [1.165, 1.54) is 14.2 Å². The topological polar surface area (TPSA) is 64.6 Å². The molecule has 0 unspecified atom stereocenters. The number of carbonyl (C=O) groups excluding carboxylic acids is 2. The Morgan fingerprint density at radius 3 is 2.53 bits per heavy atom. The largest absolute Gasteiger partial charge is 0.466 e. The molecule has 0 spiro atoms. The molecule has 19 heavy (non-hydrogen) atoms. The van der Waals surface area contributed by atoms with E-state index in [2.05, 4.69) is 30.7 Å². The highest BCUT2D eigenvalue weighted by Crippen LogP contribution is 2.27. The Bertz CT molecular complexity index is 530. The molecule has 1 aromatic rings. The van der Waals surface area contributed by atoms with E-state index in [9.17, 15) is 9.59 Å². The van der Waals surface area contributed by atoms with Crippen molar-refractivity contribution in [1.82, 2.24) is 0 Å². The summed E-state index contributed by atoms with van der Waals surface area (Å²) in [5, 5.41) is 3.31. The minimum atomic E-state index is -0.688. The van der Waals surface area contributed by atoms with Crippen LogP contribution < -0.4 is 5.32 Å². The maximum Gasteiger partial charge on any atom is 0.354 e. The quantitative estimate of drug-likeness (QED) is 0.669. The summed E-state index contributed by atoms with van der Waals surface area (Å²) in [6, 6.07) is 4.94. The molecule has 5 nitrogen and oxygen atoms in total. The maximum absolute atomic E-state index is 11.5. The second-order valence-corrected chi connectivity index (χ2v) is 4.61. The van der Waals surface area contributed by atoms with Crippen molar-refractivity contribution in [1.29, 1.82) is 0 Å². The number of esters is 2. The average Bonchev–Trinajstić information content (AvgIpc) is 2.39. The molecule has 7 heteroatoms. The van der Waals surface area contributed by atoms with Gasteiger partial charge in [-0.1, -0.05) is 11.6 Å². The molecule has 1 N–H and O–H groups in total. The normalized spacial score (nSPS) is 10.8. The Labute approximate surface area is 123 Å². The van der Waals surface area contributed by atoms with E-state index in [1.807, 2.05) is 0 Å². The Kier molecular flexibility index (Phi) is 5.85. The fourth-order valence-corrected chi connectivity index (χ4v) is 1.95. The Morgan fingerprint density at radius 2 is 2.00 bits per heavy atom. The zero-order valence-electron chi connectivity index (χ0n) is 10.2. The lowest BCUT2D eigenvalue weighted by atomic mass is 10.3. The van der Waals surface area contributed by atoms with Gasteiger partial charge in [-0.05, 0) is 34.1 Å². The van der Waals surface area contributed by atoms with Gasteiger partial charge in [0, 0.05) is 9.50 Å². The molecular formula is C12H11BrClNO4. The maximum atomic E-state index is 11.5. The van der Waals surface area contributed by atoms with Crippen molar-refractivity contribution in [3.05, 3.63) is 39.5 Å². The van der Waals surface area contributed by atoms with Crippen LogP contribution in [0.1, 0.15) is 0 Å². The van der Waals surface area contributed by atoms with Crippen LogP contribution >= 0.6 is 27.5 Å². The minimum Gasteiger partial charge on any atom is -0.466 e. The lowest BCUT2D eigenvalue weighted by Gasteiger charge is -2.10. The monoisotopic (exact) mass is 347 g/mol. The number of hydrogen-bond acceptors (Lipinski definition) is 5. The first kappa shape index (κ1) is 15.5. The molecule has 0 aliphatic rings.